The van der Waals surface area contributed by atoms with Crippen LogP contribution in [0.4, 0.5) is 0 Å². The Morgan fingerprint density at radius 2 is 1.91 bits per heavy atom. The molecule has 0 saturated carbocycles. The summed E-state index contributed by atoms with van der Waals surface area (Å²) in [6, 6.07) is 15.0. The summed E-state index contributed by atoms with van der Waals surface area (Å²) in [5.74, 6) is 0.150. The molecular weight excluding hydrogens is 448 g/mol. The van der Waals surface area contributed by atoms with Crippen LogP contribution in [0.1, 0.15) is 34.1 Å². The zero-order valence-corrected chi connectivity index (χ0v) is 18.7. The van der Waals surface area contributed by atoms with Crippen LogP contribution in [0.2, 0.25) is 5.02 Å². The molecule has 8 nitrogen and oxygen atoms in total. The molecule has 33 heavy (non-hydrogen) atoms. The van der Waals surface area contributed by atoms with E-state index in [0.29, 0.717) is 34.4 Å². The third kappa shape index (κ3) is 4.85. The third-order valence-corrected chi connectivity index (χ3v) is 5.42. The van der Waals surface area contributed by atoms with E-state index >= 15 is 0 Å². The number of ether oxygens (including phenoxy) is 3. The van der Waals surface area contributed by atoms with Crippen molar-refractivity contribution in [2.75, 3.05) is 20.8 Å². The van der Waals surface area contributed by atoms with E-state index in [1.54, 1.807) is 36.4 Å². The van der Waals surface area contributed by atoms with Gasteiger partial charge in [0.2, 0.25) is 0 Å². The average Bonchev–Trinajstić information content (AvgIpc) is 3.52. The first kappa shape index (κ1) is 22.4. The van der Waals surface area contributed by atoms with Crippen molar-refractivity contribution in [2.24, 2.45) is 5.10 Å². The molecule has 0 radical (unpaired) electrons. The van der Waals surface area contributed by atoms with Crippen LogP contribution in [0.3, 0.4) is 0 Å². The minimum absolute atomic E-state index is 0.152. The minimum atomic E-state index is -0.713. The van der Waals surface area contributed by atoms with Crippen LogP contribution in [-0.4, -0.2) is 43.4 Å². The summed E-state index contributed by atoms with van der Waals surface area (Å²) in [6.07, 6.45) is 1.98. The number of esters is 1. The summed E-state index contributed by atoms with van der Waals surface area (Å²) in [5.41, 5.74) is 1.69. The Labute approximate surface area is 195 Å². The number of hydrogen-bond donors (Lipinski definition) is 0. The Bertz CT molecular complexity index is 1170. The van der Waals surface area contributed by atoms with Crippen molar-refractivity contribution in [3.8, 4) is 11.5 Å². The number of carbonyl (C=O) groups excluding carboxylic acids is 2. The zero-order valence-electron chi connectivity index (χ0n) is 18.0. The number of halogens is 1. The van der Waals surface area contributed by atoms with Gasteiger partial charge in [-0.2, -0.15) is 5.10 Å². The van der Waals surface area contributed by atoms with Crippen LogP contribution in [0.15, 0.2) is 70.4 Å². The lowest BCUT2D eigenvalue weighted by atomic mass is 10.0. The molecule has 0 spiro atoms. The lowest BCUT2D eigenvalue weighted by Gasteiger charge is -2.19. The van der Waals surface area contributed by atoms with Crippen LogP contribution in [0.5, 0.6) is 11.5 Å². The fourth-order valence-corrected chi connectivity index (χ4v) is 3.63. The first-order chi connectivity index (χ1) is 16.0. The highest BCUT2D eigenvalue weighted by molar-refractivity contribution is 6.30. The van der Waals surface area contributed by atoms with Crippen LogP contribution >= 0.6 is 11.6 Å². The van der Waals surface area contributed by atoms with Gasteiger partial charge in [-0.3, -0.25) is 4.79 Å². The van der Waals surface area contributed by atoms with Crippen LogP contribution in [-0.2, 0) is 9.53 Å². The Kier molecular flexibility index (Phi) is 6.65. The number of furan rings is 1. The summed E-state index contributed by atoms with van der Waals surface area (Å²) in [5, 5.41) is 6.39. The highest BCUT2D eigenvalue weighted by Gasteiger charge is 2.35. The fourth-order valence-electron chi connectivity index (χ4n) is 3.50. The molecule has 9 heteroatoms. The number of carbonyl (C=O) groups is 2. The largest absolute Gasteiger partial charge is 0.497 e. The molecule has 1 aliphatic heterocycles. The van der Waals surface area contributed by atoms with Crippen LogP contribution in [0, 0.1) is 0 Å². The molecule has 2 heterocycles. The number of benzene rings is 2. The fraction of sp³-hybridized carbons (Fsp3) is 0.208. The number of hydrazone groups is 1. The molecule has 4 rings (SSSR count). The maximum absolute atomic E-state index is 13.0. The Morgan fingerprint density at radius 3 is 2.58 bits per heavy atom. The molecule has 0 fully saturated rings. The lowest BCUT2D eigenvalue weighted by molar-refractivity contribution is -0.136. The minimum Gasteiger partial charge on any atom is -0.497 e. The van der Waals surface area contributed by atoms with Gasteiger partial charge in [0.15, 0.2) is 6.61 Å². The molecule has 1 aromatic heterocycles. The molecule has 1 atom stereocenters. The van der Waals surface area contributed by atoms with Gasteiger partial charge in [0.1, 0.15) is 28.9 Å². The zero-order chi connectivity index (χ0) is 23.4. The van der Waals surface area contributed by atoms with Gasteiger partial charge < -0.3 is 18.6 Å². The van der Waals surface area contributed by atoms with Gasteiger partial charge in [0.05, 0.1) is 26.2 Å². The van der Waals surface area contributed by atoms with Gasteiger partial charge in [0.25, 0.3) is 5.91 Å². The molecule has 2 aromatic carbocycles. The van der Waals surface area contributed by atoms with Crippen molar-refractivity contribution < 1.29 is 28.2 Å². The summed E-state index contributed by atoms with van der Waals surface area (Å²) < 4.78 is 21.2. The third-order valence-electron chi connectivity index (χ3n) is 5.17. The van der Waals surface area contributed by atoms with E-state index in [2.05, 4.69) is 5.10 Å². The first-order valence-corrected chi connectivity index (χ1v) is 10.5. The SMILES string of the molecule is COc1ccc(OC)c(C(=O)OCC(=O)N2N=C(c3ccc(Cl)cc3)CC2c2ccco2)c1. The molecule has 0 N–H and O–H groups in total. The number of amides is 1. The standard InChI is InChI=1S/C24H21ClN2O6/c1-30-17-9-10-21(31-2)18(12-17)24(29)33-14-23(28)27-20(22-4-3-11-32-22)13-19(26-27)15-5-7-16(25)8-6-15/h3-12,20H,13-14H2,1-2H3. The van der Waals surface area contributed by atoms with Crippen molar-refractivity contribution >= 4 is 29.2 Å². The maximum Gasteiger partial charge on any atom is 0.342 e. The quantitative estimate of drug-likeness (QED) is 0.475. The molecular formula is C24H21ClN2O6. The highest BCUT2D eigenvalue weighted by atomic mass is 35.5. The number of methoxy groups -OCH3 is 2. The Balaban J connectivity index is 1.52. The smallest absolute Gasteiger partial charge is 0.342 e. The highest BCUT2D eigenvalue weighted by Crippen LogP contribution is 2.33. The van der Waals surface area contributed by atoms with E-state index in [1.807, 2.05) is 12.1 Å². The second-order valence-corrected chi connectivity index (χ2v) is 7.61. The van der Waals surface area contributed by atoms with Crippen molar-refractivity contribution in [1.29, 1.82) is 0 Å². The molecule has 0 bridgehead atoms. The normalized spacial score (nSPS) is 15.2. The van der Waals surface area contributed by atoms with Gasteiger partial charge in [-0.1, -0.05) is 23.7 Å². The van der Waals surface area contributed by atoms with Gasteiger partial charge >= 0.3 is 5.97 Å². The molecule has 0 saturated heterocycles. The van der Waals surface area contributed by atoms with Gasteiger partial charge in [-0.25, -0.2) is 9.80 Å². The van der Waals surface area contributed by atoms with E-state index in [4.69, 9.17) is 30.2 Å². The molecule has 0 aliphatic carbocycles. The van der Waals surface area contributed by atoms with E-state index in [0.717, 1.165) is 5.56 Å². The van der Waals surface area contributed by atoms with E-state index < -0.39 is 24.5 Å². The monoisotopic (exact) mass is 468 g/mol. The summed E-state index contributed by atoms with van der Waals surface area (Å²) in [4.78, 5) is 25.7. The molecule has 1 amide bonds. The first-order valence-electron chi connectivity index (χ1n) is 10.1. The molecule has 170 valence electrons. The van der Waals surface area contributed by atoms with Crippen LogP contribution < -0.4 is 9.47 Å². The van der Waals surface area contributed by atoms with Gasteiger partial charge in [0, 0.05) is 11.4 Å². The average molecular weight is 469 g/mol. The second kappa shape index (κ2) is 9.79. The van der Waals surface area contributed by atoms with E-state index in [-0.39, 0.29) is 5.56 Å². The predicted molar refractivity (Wildman–Crippen MR) is 121 cm³/mol. The maximum atomic E-state index is 13.0. The molecule has 3 aromatic rings. The number of hydrogen-bond acceptors (Lipinski definition) is 7. The van der Waals surface area contributed by atoms with Gasteiger partial charge in [-0.15, -0.1) is 0 Å². The summed E-state index contributed by atoms with van der Waals surface area (Å²) in [7, 11) is 2.92. The second-order valence-electron chi connectivity index (χ2n) is 7.17. The summed E-state index contributed by atoms with van der Waals surface area (Å²) >= 11 is 5.98. The molecule has 1 unspecified atom stereocenters. The van der Waals surface area contributed by atoms with E-state index in [9.17, 15) is 9.59 Å². The Hall–Kier alpha value is -3.78. The van der Waals surface area contributed by atoms with Crippen LogP contribution in [0.25, 0.3) is 0 Å². The number of rotatable bonds is 7. The van der Waals surface area contributed by atoms with Crippen molar-refractivity contribution in [3.05, 3.63) is 82.8 Å². The van der Waals surface area contributed by atoms with Crippen molar-refractivity contribution in [2.45, 2.75) is 12.5 Å². The summed E-state index contributed by atoms with van der Waals surface area (Å²) in [6.45, 7) is -0.506. The number of nitrogens with zero attached hydrogens (tertiary/aromatic N) is 2. The van der Waals surface area contributed by atoms with Crippen molar-refractivity contribution in [3.63, 3.8) is 0 Å². The molecule has 1 aliphatic rings. The lowest BCUT2D eigenvalue weighted by Crippen LogP contribution is -2.31. The van der Waals surface area contributed by atoms with E-state index in [1.165, 1.54) is 31.6 Å². The topological polar surface area (TPSA) is 90.6 Å². The Morgan fingerprint density at radius 1 is 1.12 bits per heavy atom. The van der Waals surface area contributed by atoms with Gasteiger partial charge in [-0.05, 0) is 48.0 Å². The predicted octanol–water partition coefficient (Wildman–Crippen LogP) is 4.48. The van der Waals surface area contributed by atoms with Crippen molar-refractivity contribution in [1.82, 2.24) is 5.01 Å².